The van der Waals surface area contributed by atoms with Crippen LogP contribution in [0, 0.1) is 0 Å². The predicted octanol–water partition coefficient (Wildman–Crippen LogP) is 2.39. The summed E-state index contributed by atoms with van der Waals surface area (Å²) in [5.74, 6) is 1.44. The maximum Gasteiger partial charge on any atom is 0.199 e. The highest BCUT2D eigenvalue weighted by molar-refractivity contribution is 4.96. The predicted molar refractivity (Wildman–Crippen MR) is 56.8 cm³/mol. The molecule has 6 nitrogen and oxygen atoms in total. The van der Waals surface area contributed by atoms with Crippen LogP contribution in [0.4, 0.5) is 0 Å². The largest absolute Gasteiger partial charge is 0.451 e. The van der Waals surface area contributed by atoms with Crippen LogP contribution in [0.3, 0.4) is 0 Å². The third kappa shape index (κ3) is 3.80. The van der Waals surface area contributed by atoms with E-state index >= 15 is 0 Å². The number of rotatable bonds is 2. The quantitative estimate of drug-likeness (QED) is 0.779. The average Bonchev–Trinajstić information content (AvgIpc) is 2.93. The van der Waals surface area contributed by atoms with Gasteiger partial charge in [-0.25, -0.2) is 9.61 Å². The van der Waals surface area contributed by atoms with Crippen molar-refractivity contribution in [3.05, 3.63) is 24.2 Å². The fraction of sp³-hybridized carbons (Fsp3) is 0.600. The number of aromatic nitrogens is 4. The zero-order valence-corrected chi connectivity index (χ0v) is 9.91. The van der Waals surface area contributed by atoms with Crippen LogP contribution in [0.2, 0.25) is 0 Å². The number of hydrogen-bond acceptors (Lipinski definition) is 6. The second-order valence-electron chi connectivity index (χ2n) is 3.94. The SMILES string of the molecule is CC(C)c1cocn1.CC(C)c1nnon1. The van der Waals surface area contributed by atoms with Crippen molar-refractivity contribution in [3.8, 4) is 0 Å². The monoisotopic (exact) mass is 224 g/mol. The average molecular weight is 224 g/mol. The van der Waals surface area contributed by atoms with Gasteiger partial charge in [0, 0.05) is 5.92 Å². The third-order valence-electron chi connectivity index (χ3n) is 1.87. The van der Waals surface area contributed by atoms with E-state index in [0.717, 1.165) is 5.69 Å². The van der Waals surface area contributed by atoms with E-state index in [1.54, 1.807) is 6.26 Å². The first-order chi connectivity index (χ1) is 7.61. The van der Waals surface area contributed by atoms with Gasteiger partial charge in [-0.05, 0) is 11.1 Å². The molecule has 0 amide bonds. The molecule has 2 heterocycles. The minimum absolute atomic E-state index is 0.307. The Kier molecular flexibility index (Phi) is 4.63. The highest BCUT2D eigenvalue weighted by Gasteiger charge is 2.02. The summed E-state index contributed by atoms with van der Waals surface area (Å²) in [6.45, 7) is 8.12. The Bertz CT molecular complexity index is 329. The van der Waals surface area contributed by atoms with Gasteiger partial charge in [0.2, 0.25) is 0 Å². The van der Waals surface area contributed by atoms with Gasteiger partial charge in [-0.1, -0.05) is 32.8 Å². The Morgan fingerprint density at radius 1 is 1.12 bits per heavy atom. The summed E-state index contributed by atoms with van der Waals surface area (Å²) in [7, 11) is 0. The molecule has 0 unspecified atom stereocenters. The molecule has 2 aromatic heterocycles. The Labute approximate surface area is 94.0 Å². The van der Waals surface area contributed by atoms with E-state index in [1.807, 2.05) is 13.8 Å². The van der Waals surface area contributed by atoms with Crippen molar-refractivity contribution >= 4 is 0 Å². The molecule has 0 atom stereocenters. The van der Waals surface area contributed by atoms with Crippen LogP contribution in [0.5, 0.6) is 0 Å². The molecular weight excluding hydrogens is 208 g/mol. The van der Waals surface area contributed by atoms with Crippen molar-refractivity contribution in [2.24, 2.45) is 0 Å². The molecule has 0 saturated carbocycles. The second kappa shape index (κ2) is 5.99. The zero-order chi connectivity index (χ0) is 12.0. The Balaban J connectivity index is 0.000000160. The van der Waals surface area contributed by atoms with Gasteiger partial charge in [-0.3, -0.25) is 0 Å². The molecule has 0 saturated heterocycles. The Hall–Kier alpha value is -1.72. The first kappa shape index (κ1) is 12.4. The lowest BCUT2D eigenvalue weighted by atomic mass is 10.2. The maximum atomic E-state index is 4.76. The third-order valence-corrected chi connectivity index (χ3v) is 1.87. The van der Waals surface area contributed by atoms with E-state index in [0.29, 0.717) is 17.7 Å². The van der Waals surface area contributed by atoms with Crippen LogP contribution in [-0.4, -0.2) is 20.5 Å². The van der Waals surface area contributed by atoms with Crippen molar-refractivity contribution in [1.29, 1.82) is 0 Å². The number of nitrogens with zero attached hydrogens (tertiary/aromatic N) is 4. The van der Waals surface area contributed by atoms with Crippen LogP contribution in [-0.2, 0) is 0 Å². The fourth-order valence-corrected chi connectivity index (χ4v) is 0.866. The highest BCUT2D eigenvalue weighted by atomic mass is 16.6. The molecule has 6 heteroatoms. The van der Waals surface area contributed by atoms with Crippen LogP contribution in [0.25, 0.3) is 0 Å². The van der Waals surface area contributed by atoms with E-state index in [4.69, 9.17) is 4.42 Å². The topological polar surface area (TPSA) is 77.8 Å². The van der Waals surface area contributed by atoms with Crippen LogP contribution < -0.4 is 0 Å². The van der Waals surface area contributed by atoms with Crippen LogP contribution >= 0.6 is 0 Å². The second-order valence-corrected chi connectivity index (χ2v) is 3.94. The first-order valence-electron chi connectivity index (χ1n) is 5.14. The summed E-state index contributed by atoms with van der Waals surface area (Å²) in [5.41, 5.74) is 1.02. The number of hydrogen-bond donors (Lipinski definition) is 0. The summed E-state index contributed by atoms with van der Waals surface area (Å²) in [6, 6.07) is 0. The molecule has 0 N–H and O–H groups in total. The van der Waals surface area contributed by atoms with Gasteiger partial charge in [0.1, 0.15) is 6.26 Å². The van der Waals surface area contributed by atoms with Gasteiger partial charge < -0.3 is 4.42 Å². The number of oxazole rings is 1. The fourth-order valence-electron chi connectivity index (χ4n) is 0.866. The molecule has 0 aromatic carbocycles. The maximum absolute atomic E-state index is 4.76. The minimum Gasteiger partial charge on any atom is -0.451 e. The summed E-state index contributed by atoms with van der Waals surface area (Å²) >= 11 is 0. The molecule has 0 fully saturated rings. The van der Waals surface area contributed by atoms with Gasteiger partial charge in [0.05, 0.1) is 11.0 Å². The van der Waals surface area contributed by atoms with Crippen LogP contribution in [0.15, 0.2) is 21.7 Å². The lowest BCUT2D eigenvalue weighted by Crippen LogP contribution is -1.88. The van der Waals surface area contributed by atoms with E-state index in [2.05, 4.69) is 39.0 Å². The van der Waals surface area contributed by atoms with Crippen molar-refractivity contribution < 1.29 is 9.05 Å². The summed E-state index contributed by atoms with van der Waals surface area (Å²) in [6.07, 6.45) is 3.12. The smallest absolute Gasteiger partial charge is 0.199 e. The van der Waals surface area contributed by atoms with Crippen molar-refractivity contribution in [2.45, 2.75) is 39.5 Å². The van der Waals surface area contributed by atoms with Crippen molar-refractivity contribution in [3.63, 3.8) is 0 Å². The van der Waals surface area contributed by atoms with Gasteiger partial charge in [-0.2, -0.15) is 0 Å². The summed E-state index contributed by atoms with van der Waals surface area (Å²) in [4.78, 5) is 3.95. The summed E-state index contributed by atoms with van der Waals surface area (Å²) in [5, 5.41) is 10.3. The molecule has 2 aromatic rings. The Morgan fingerprint density at radius 3 is 2.12 bits per heavy atom. The molecule has 0 aliphatic carbocycles. The van der Waals surface area contributed by atoms with Crippen LogP contribution in [0.1, 0.15) is 51.0 Å². The molecule has 0 aliphatic rings. The molecular formula is C10H16N4O2. The molecule has 88 valence electrons. The van der Waals surface area contributed by atoms with Crippen molar-refractivity contribution in [2.75, 3.05) is 0 Å². The van der Waals surface area contributed by atoms with E-state index < -0.39 is 0 Å². The minimum atomic E-state index is 0.307. The highest BCUT2D eigenvalue weighted by Crippen LogP contribution is 2.09. The summed E-state index contributed by atoms with van der Waals surface area (Å²) < 4.78 is 9.03. The van der Waals surface area contributed by atoms with Gasteiger partial charge in [0.15, 0.2) is 12.2 Å². The molecule has 2 rings (SSSR count). The standard InChI is InChI=1S/C6H9NO.C4H7N3O/c1-5(2)6-3-8-4-7-6;1-3(2)4-5-7-8-6-4/h3-5H,1-2H3;3H,1-2H3. The lowest BCUT2D eigenvalue weighted by molar-refractivity contribution is 0.290. The molecule has 0 radical (unpaired) electrons. The molecule has 0 bridgehead atoms. The lowest BCUT2D eigenvalue weighted by Gasteiger charge is -1.92. The van der Waals surface area contributed by atoms with E-state index in [9.17, 15) is 0 Å². The molecule has 0 spiro atoms. The Morgan fingerprint density at radius 2 is 1.88 bits per heavy atom. The van der Waals surface area contributed by atoms with E-state index in [-0.39, 0.29) is 0 Å². The van der Waals surface area contributed by atoms with E-state index in [1.165, 1.54) is 6.39 Å². The van der Waals surface area contributed by atoms with Gasteiger partial charge in [0.25, 0.3) is 0 Å². The van der Waals surface area contributed by atoms with Crippen molar-refractivity contribution in [1.82, 2.24) is 20.5 Å². The zero-order valence-electron chi connectivity index (χ0n) is 9.91. The molecule has 16 heavy (non-hydrogen) atoms. The van der Waals surface area contributed by atoms with Gasteiger partial charge in [-0.15, -0.1) is 0 Å². The normalized spacial score (nSPS) is 10.4. The molecule has 0 aliphatic heterocycles. The van der Waals surface area contributed by atoms with Gasteiger partial charge >= 0.3 is 0 Å². The first-order valence-corrected chi connectivity index (χ1v) is 5.14.